The minimum absolute atomic E-state index is 0.280. The summed E-state index contributed by atoms with van der Waals surface area (Å²) < 4.78 is 13.0. The second-order valence-corrected chi connectivity index (χ2v) is 2.61. The van der Waals surface area contributed by atoms with E-state index in [2.05, 4.69) is 17.1 Å². The molecular formula is C11H17FN2. The number of allylic oxidation sites excluding steroid dienone is 5. The van der Waals surface area contributed by atoms with Gasteiger partial charge in [0, 0.05) is 7.05 Å². The first-order chi connectivity index (χ1) is 6.69. The van der Waals surface area contributed by atoms with Gasteiger partial charge < -0.3 is 5.43 Å². The molecule has 0 aromatic heterocycles. The Morgan fingerprint density at radius 2 is 2.21 bits per heavy atom. The van der Waals surface area contributed by atoms with Crippen molar-refractivity contribution in [2.45, 2.75) is 20.3 Å². The van der Waals surface area contributed by atoms with Crippen LogP contribution in [0.5, 0.6) is 0 Å². The topological polar surface area (TPSA) is 24.4 Å². The molecule has 0 aliphatic rings. The molecule has 0 radical (unpaired) electrons. The lowest BCUT2D eigenvalue weighted by molar-refractivity contribution is 0.664. The first kappa shape index (κ1) is 12.6. The van der Waals surface area contributed by atoms with Gasteiger partial charge in [-0.05, 0) is 25.0 Å². The average Bonchev–Trinajstić information content (AvgIpc) is 2.22. The van der Waals surface area contributed by atoms with E-state index in [1.807, 2.05) is 6.92 Å². The molecule has 0 rings (SSSR count). The molecule has 0 bridgehead atoms. The fraction of sp³-hybridized carbons (Fsp3) is 0.364. The van der Waals surface area contributed by atoms with Crippen LogP contribution in [0.25, 0.3) is 0 Å². The molecule has 1 N–H and O–H groups in total. The Labute approximate surface area is 84.9 Å². The monoisotopic (exact) mass is 196 g/mol. The number of nitrogens with zero attached hydrogens (tertiary/aromatic N) is 1. The van der Waals surface area contributed by atoms with Crippen LogP contribution in [-0.4, -0.2) is 12.8 Å². The first-order valence-corrected chi connectivity index (χ1v) is 4.59. The van der Waals surface area contributed by atoms with E-state index in [0.717, 1.165) is 12.1 Å². The Kier molecular flexibility index (Phi) is 6.37. The fourth-order valence-electron chi connectivity index (χ4n) is 0.975. The standard InChI is InChI=1S/C11H17FN2/c1-5-9(8-10(12)6-2)11(7-3)14-13-4/h5-6,8,13H,1,7H2,2-4H3/b9-8+,10-6+,14-11+. The maximum absolute atomic E-state index is 13.0. The van der Waals surface area contributed by atoms with Crippen molar-refractivity contribution < 1.29 is 4.39 Å². The molecule has 0 aliphatic carbocycles. The third-order valence-electron chi connectivity index (χ3n) is 1.70. The lowest BCUT2D eigenvalue weighted by atomic mass is 10.1. The van der Waals surface area contributed by atoms with Crippen molar-refractivity contribution in [3.8, 4) is 0 Å². The van der Waals surface area contributed by atoms with Crippen LogP contribution >= 0.6 is 0 Å². The second-order valence-electron chi connectivity index (χ2n) is 2.61. The average molecular weight is 196 g/mol. The highest BCUT2D eigenvalue weighted by atomic mass is 19.1. The van der Waals surface area contributed by atoms with Gasteiger partial charge in [-0.3, -0.25) is 0 Å². The molecule has 0 amide bonds. The fourth-order valence-corrected chi connectivity index (χ4v) is 0.975. The molecule has 14 heavy (non-hydrogen) atoms. The summed E-state index contributed by atoms with van der Waals surface area (Å²) in [6, 6.07) is 0. The van der Waals surface area contributed by atoms with E-state index in [1.54, 1.807) is 20.0 Å². The molecule has 0 aromatic carbocycles. The summed E-state index contributed by atoms with van der Waals surface area (Å²) in [6.45, 7) is 7.23. The van der Waals surface area contributed by atoms with E-state index in [-0.39, 0.29) is 5.83 Å². The Morgan fingerprint density at radius 1 is 1.57 bits per heavy atom. The van der Waals surface area contributed by atoms with Gasteiger partial charge >= 0.3 is 0 Å². The van der Waals surface area contributed by atoms with Crippen LogP contribution < -0.4 is 5.43 Å². The van der Waals surface area contributed by atoms with Gasteiger partial charge in [-0.25, -0.2) is 4.39 Å². The maximum atomic E-state index is 13.0. The van der Waals surface area contributed by atoms with Crippen LogP contribution in [0.4, 0.5) is 4.39 Å². The third-order valence-corrected chi connectivity index (χ3v) is 1.70. The summed E-state index contributed by atoms with van der Waals surface area (Å²) in [4.78, 5) is 0. The normalized spacial score (nSPS) is 14.1. The van der Waals surface area contributed by atoms with Crippen molar-refractivity contribution in [2.75, 3.05) is 7.05 Å². The first-order valence-electron chi connectivity index (χ1n) is 4.59. The van der Waals surface area contributed by atoms with Gasteiger partial charge in [-0.2, -0.15) is 5.10 Å². The number of hydrazone groups is 1. The molecule has 0 aromatic rings. The quantitative estimate of drug-likeness (QED) is 0.408. The Morgan fingerprint density at radius 3 is 2.57 bits per heavy atom. The lowest BCUT2D eigenvalue weighted by Gasteiger charge is -2.03. The number of hydrogen-bond acceptors (Lipinski definition) is 2. The van der Waals surface area contributed by atoms with Crippen LogP contribution in [0.3, 0.4) is 0 Å². The van der Waals surface area contributed by atoms with E-state index in [1.165, 1.54) is 12.2 Å². The number of hydrogen-bond donors (Lipinski definition) is 1. The predicted molar refractivity (Wildman–Crippen MR) is 59.9 cm³/mol. The molecule has 0 aliphatic heterocycles. The minimum Gasteiger partial charge on any atom is -0.313 e. The molecule has 0 fully saturated rings. The molecule has 0 saturated carbocycles. The van der Waals surface area contributed by atoms with Crippen molar-refractivity contribution >= 4 is 5.71 Å². The van der Waals surface area contributed by atoms with Crippen molar-refractivity contribution in [2.24, 2.45) is 5.10 Å². The second kappa shape index (κ2) is 7.06. The molecule has 0 atom stereocenters. The highest BCUT2D eigenvalue weighted by Gasteiger charge is 2.01. The molecule has 3 heteroatoms. The molecule has 0 unspecified atom stereocenters. The SMILES string of the molecule is C=CC(=C\C(F)=C/C)/C(CC)=N/NC. The molecule has 0 spiro atoms. The Balaban J connectivity index is 4.95. The van der Waals surface area contributed by atoms with Crippen LogP contribution in [0.15, 0.2) is 41.3 Å². The van der Waals surface area contributed by atoms with Crippen LogP contribution in [0, 0.1) is 0 Å². The molecule has 78 valence electrons. The van der Waals surface area contributed by atoms with Crippen molar-refractivity contribution in [3.05, 3.63) is 36.2 Å². The molecular weight excluding hydrogens is 179 g/mol. The highest BCUT2D eigenvalue weighted by molar-refractivity contribution is 6.02. The number of halogens is 1. The molecule has 0 heterocycles. The van der Waals surface area contributed by atoms with Crippen LogP contribution in [0.2, 0.25) is 0 Å². The van der Waals surface area contributed by atoms with Crippen LogP contribution in [-0.2, 0) is 0 Å². The van der Waals surface area contributed by atoms with Crippen molar-refractivity contribution in [3.63, 3.8) is 0 Å². The summed E-state index contributed by atoms with van der Waals surface area (Å²) in [7, 11) is 1.71. The van der Waals surface area contributed by atoms with Crippen LogP contribution in [0.1, 0.15) is 20.3 Å². The number of rotatable bonds is 5. The Bertz CT molecular complexity index is 275. The van der Waals surface area contributed by atoms with E-state index in [9.17, 15) is 4.39 Å². The van der Waals surface area contributed by atoms with Crippen molar-refractivity contribution in [1.82, 2.24) is 5.43 Å². The predicted octanol–water partition coefficient (Wildman–Crippen LogP) is 2.96. The van der Waals surface area contributed by atoms with Gasteiger partial charge in [0.1, 0.15) is 5.83 Å². The van der Waals surface area contributed by atoms with Gasteiger partial charge in [0.15, 0.2) is 0 Å². The minimum atomic E-state index is -0.280. The van der Waals surface area contributed by atoms with Gasteiger partial charge in [-0.15, -0.1) is 0 Å². The zero-order valence-corrected chi connectivity index (χ0v) is 8.97. The van der Waals surface area contributed by atoms with Gasteiger partial charge in [0.05, 0.1) is 5.71 Å². The van der Waals surface area contributed by atoms with E-state index in [4.69, 9.17) is 0 Å². The molecule has 0 saturated heterocycles. The van der Waals surface area contributed by atoms with Gasteiger partial charge in [-0.1, -0.05) is 25.7 Å². The van der Waals surface area contributed by atoms with E-state index >= 15 is 0 Å². The third kappa shape index (κ3) is 4.03. The number of nitrogens with one attached hydrogen (secondary N) is 1. The molecule has 2 nitrogen and oxygen atoms in total. The van der Waals surface area contributed by atoms with Gasteiger partial charge in [0.25, 0.3) is 0 Å². The summed E-state index contributed by atoms with van der Waals surface area (Å²) in [5, 5.41) is 4.03. The zero-order chi connectivity index (χ0) is 11.0. The van der Waals surface area contributed by atoms with Crippen molar-refractivity contribution in [1.29, 1.82) is 0 Å². The highest BCUT2D eigenvalue weighted by Crippen LogP contribution is 2.09. The lowest BCUT2D eigenvalue weighted by Crippen LogP contribution is -2.06. The smallest absolute Gasteiger partial charge is 0.119 e. The summed E-state index contributed by atoms with van der Waals surface area (Å²) >= 11 is 0. The summed E-state index contributed by atoms with van der Waals surface area (Å²) in [6.07, 6.45) is 5.15. The van der Waals surface area contributed by atoms with E-state index in [0.29, 0.717) is 5.57 Å². The van der Waals surface area contributed by atoms with E-state index < -0.39 is 0 Å². The summed E-state index contributed by atoms with van der Waals surface area (Å²) in [5.41, 5.74) is 4.18. The Hall–Kier alpha value is -1.38. The maximum Gasteiger partial charge on any atom is 0.119 e. The zero-order valence-electron chi connectivity index (χ0n) is 8.97. The summed E-state index contributed by atoms with van der Waals surface area (Å²) in [5.74, 6) is -0.280. The largest absolute Gasteiger partial charge is 0.313 e. The van der Waals surface area contributed by atoms with Gasteiger partial charge in [0.2, 0.25) is 0 Å².